The normalized spacial score (nSPS) is 18.3. The number of nitrogens with zero attached hydrogens (tertiary/aromatic N) is 2. The molecule has 13 heteroatoms. The summed E-state index contributed by atoms with van der Waals surface area (Å²) in [5, 5.41) is 9.33. The van der Waals surface area contributed by atoms with Crippen LogP contribution < -0.4 is 16.0 Å². The largest absolute Gasteiger partial charge is 0.453 e. The number of morpholine rings is 1. The smallest absolute Gasteiger partial charge is 0.433 e. The zero-order valence-corrected chi connectivity index (χ0v) is 28.8. The summed E-state index contributed by atoms with van der Waals surface area (Å²) < 4.78 is 51.2. The standard InChI is InChI=1S/C37H40F3N5O4S/c1-23-20-31(37(38,39)40)44-35(42-23)50-22-30-24(2)41-21-28(49-30)19-18-25-12-10-11-17-29(25)43-34(46)33(45-36(47)48-3)32(26-13-6-4-7-14-26)27-15-8-5-9-16-27/h4-17,20,24,28,30,32-33,41H,18-19,21-22H2,1-3H3,(H,43,46)(H,45,47)/t24-,28-,30-,33?/m1/s1. The van der Waals surface area contributed by atoms with E-state index < -0.39 is 35.8 Å². The van der Waals surface area contributed by atoms with Crippen molar-refractivity contribution in [3.63, 3.8) is 0 Å². The molecule has 3 N–H and O–H groups in total. The van der Waals surface area contributed by atoms with Gasteiger partial charge in [0.1, 0.15) is 11.7 Å². The van der Waals surface area contributed by atoms with Crippen LogP contribution in [-0.2, 0) is 26.9 Å². The molecule has 0 bridgehead atoms. The lowest BCUT2D eigenvalue weighted by Gasteiger charge is -2.36. The average Bonchev–Trinajstić information content (AvgIpc) is 3.11. The predicted molar refractivity (Wildman–Crippen MR) is 186 cm³/mol. The Morgan fingerprint density at radius 3 is 2.28 bits per heavy atom. The zero-order chi connectivity index (χ0) is 35.7. The maximum atomic E-state index is 14.1. The average molecular weight is 708 g/mol. The zero-order valence-electron chi connectivity index (χ0n) is 27.9. The fourth-order valence-corrected chi connectivity index (χ4v) is 6.95. The number of aryl methyl sites for hydroxylation is 2. The molecule has 2 heterocycles. The molecule has 9 nitrogen and oxygen atoms in total. The van der Waals surface area contributed by atoms with E-state index in [2.05, 4.69) is 25.9 Å². The molecule has 3 aromatic carbocycles. The van der Waals surface area contributed by atoms with Crippen LogP contribution in [0.5, 0.6) is 0 Å². The summed E-state index contributed by atoms with van der Waals surface area (Å²) in [7, 11) is 1.26. The fourth-order valence-electron chi connectivity index (χ4n) is 5.89. The second-order valence-corrected chi connectivity index (χ2v) is 13.1. The molecule has 264 valence electrons. The van der Waals surface area contributed by atoms with Crippen LogP contribution in [0.15, 0.2) is 96.2 Å². The number of alkyl carbamates (subject to hydrolysis) is 1. The number of aromatic nitrogens is 2. The van der Waals surface area contributed by atoms with Gasteiger partial charge in [-0.05, 0) is 55.5 Å². The molecule has 5 rings (SSSR count). The van der Waals surface area contributed by atoms with Crippen molar-refractivity contribution in [2.75, 3.05) is 24.7 Å². The molecule has 4 atom stereocenters. The number of nitrogens with one attached hydrogen (secondary N) is 3. The Labute approximate surface area is 293 Å². The van der Waals surface area contributed by atoms with Crippen LogP contribution in [0.4, 0.5) is 23.7 Å². The number of anilines is 1. The number of carbonyl (C=O) groups excluding carboxylic acids is 2. The van der Waals surface area contributed by atoms with Gasteiger partial charge in [-0.25, -0.2) is 14.8 Å². The molecule has 2 amide bonds. The summed E-state index contributed by atoms with van der Waals surface area (Å²) in [6, 6.07) is 26.4. The number of rotatable bonds is 12. The predicted octanol–water partition coefficient (Wildman–Crippen LogP) is 6.77. The number of halogens is 3. The number of thioether (sulfide) groups is 1. The van der Waals surface area contributed by atoms with Crippen LogP contribution in [0.25, 0.3) is 0 Å². The second kappa shape index (κ2) is 17.0. The number of carbonyl (C=O) groups is 2. The van der Waals surface area contributed by atoms with Gasteiger partial charge in [-0.3, -0.25) is 4.79 Å². The van der Waals surface area contributed by atoms with E-state index in [1.54, 1.807) is 0 Å². The van der Waals surface area contributed by atoms with E-state index >= 15 is 0 Å². The van der Waals surface area contributed by atoms with Gasteiger partial charge in [0.25, 0.3) is 0 Å². The number of alkyl halides is 3. The van der Waals surface area contributed by atoms with Crippen molar-refractivity contribution in [3.8, 4) is 0 Å². The second-order valence-electron chi connectivity index (χ2n) is 12.1. The molecule has 1 aromatic heterocycles. The van der Waals surface area contributed by atoms with Gasteiger partial charge < -0.3 is 25.4 Å². The Bertz CT molecular complexity index is 1690. The quantitative estimate of drug-likeness (QED) is 0.109. The van der Waals surface area contributed by atoms with Gasteiger partial charge in [0.05, 0.1) is 19.3 Å². The van der Waals surface area contributed by atoms with Crippen molar-refractivity contribution in [3.05, 3.63) is 119 Å². The molecule has 1 unspecified atom stereocenters. The van der Waals surface area contributed by atoms with Crippen molar-refractivity contribution in [1.29, 1.82) is 0 Å². The number of methoxy groups -OCH3 is 1. The highest BCUT2D eigenvalue weighted by Gasteiger charge is 2.35. The first-order valence-corrected chi connectivity index (χ1v) is 17.3. The maximum absolute atomic E-state index is 14.1. The van der Waals surface area contributed by atoms with Crippen molar-refractivity contribution in [2.24, 2.45) is 0 Å². The van der Waals surface area contributed by atoms with Gasteiger partial charge in [0, 0.05) is 35.6 Å². The SMILES string of the molecule is COC(=O)NC(C(=O)Nc1ccccc1CC[C@@H]1CN[C@H](C)[C@@H](CSc2nc(C)cc(C(F)(F)F)n2)O1)C(c1ccccc1)c1ccccc1. The lowest BCUT2D eigenvalue weighted by molar-refractivity contribution is -0.141. The first-order valence-electron chi connectivity index (χ1n) is 16.3. The molecule has 4 aromatic rings. The number of amides is 2. The van der Waals surface area contributed by atoms with Crippen LogP contribution in [-0.4, -0.2) is 65.7 Å². The van der Waals surface area contributed by atoms with Crippen molar-refractivity contribution in [1.82, 2.24) is 20.6 Å². The summed E-state index contributed by atoms with van der Waals surface area (Å²) in [6.07, 6.45) is -4.56. The summed E-state index contributed by atoms with van der Waals surface area (Å²) in [6.45, 7) is 4.08. The summed E-state index contributed by atoms with van der Waals surface area (Å²) >= 11 is 1.13. The molecule has 1 saturated heterocycles. The Kier molecular flexibility index (Phi) is 12.5. The highest BCUT2D eigenvalue weighted by molar-refractivity contribution is 7.99. The number of hydrogen-bond acceptors (Lipinski definition) is 8. The first kappa shape index (κ1) is 36.8. The molecule has 0 spiro atoms. The van der Waals surface area contributed by atoms with Crippen molar-refractivity contribution >= 4 is 29.4 Å². The van der Waals surface area contributed by atoms with E-state index in [0.29, 0.717) is 30.8 Å². The third-order valence-corrected chi connectivity index (χ3v) is 9.43. The highest BCUT2D eigenvalue weighted by Crippen LogP contribution is 2.32. The summed E-state index contributed by atoms with van der Waals surface area (Å²) in [4.78, 5) is 34.5. The molecule has 0 aliphatic carbocycles. The van der Waals surface area contributed by atoms with E-state index in [4.69, 9.17) is 9.47 Å². The molecular weight excluding hydrogens is 667 g/mol. The van der Waals surface area contributed by atoms with Crippen molar-refractivity contribution < 1.29 is 32.2 Å². The van der Waals surface area contributed by atoms with Crippen LogP contribution in [0.3, 0.4) is 0 Å². The number of ether oxygens (including phenoxy) is 2. The molecule has 1 aliphatic rings. The minimum atomic E-state index is -4.55. The van der Waals surface area contributed by atoms with E-state index in [9.17, 15) is 22.8 Å². The van der Waals surface area contributed by atoms with Gasteiger partial charge in [0.2, 0.25) is 5.91 Å². The van der Waals surface area contributed by atoms with Crippen LogP contribution in [0.1, 0.15) is 47.3 Å². The molecule has 1 aliphatic heterocycles. The third kappa shape index (κ3) is 9.83. The molecule has 50 heavy (non-hydrogen) atoms. The van der Waals surface area contributed by atoms with E-state index in [-0.39, 0.29) is 29.1 Å². The Hall–Kier alpha value is -4.46. The van der Waals surface area contributed by atoms with E-state index in [1.165, 1.54) is 14.0 Å². The Balaban J connectivity index is 1.27. The minimum Gasteiger partial charge on any atom is -0.453 e. The van der Waals surface area contributed by atoms with E-state index in [1.807, 2.05) is 91.9 Å². The molecule has 1 fully saturated rings. The number of para-hydroxylation sites is 1. The van der Waals surface area contributed by atoms with Crippen LogP contribution >= 0.6 is 11.8 Å². The Morgan fingerprint density at radius 2 is 1.64 bits per heavy atom. The molecule has 0 saturated carbocycles. The number of hydrogen-bond donors (Lipinski definition) is 3. The van der Waals surface area contributed by atoms with Gasteiger partial charge in [-0.15, -0.1) is 0 Å². The third-order valence-electron chi connectivity index (χ3n) is 8.50. The minimum absolute atomic E-state index is 0.0290. The highest BCUT2D eigenvalue weighted by atomic mass is 32.2. The van der Waals surface area contributed by atoms with Gasteiger partial charge in [-0.1, -0.05) is 90.6 Å². The van der Waals surface area contributed by atoms with Crippen molar-refractivity contribution in [2.45, 2.75) is 68.2 Å². The van der Waals surface area contributed by atoms with E-state index in [0.717, 1.165) is 34.5 Å². The molecular formula is C37H40F3N5O4S. The molecule has 0 radical (unpaired) electrons. The monoisotopic (exact) mass is 707 g/mol. The summed E-state index contributed by atoms with van der Waals surface area (Å²) in [5.41, 5.74) is 2.47. The topological polar surface area (TPSA) is 114 Å². The lowest BCUT2D eigenvalue weighted by atomic mass is 9.84. The lowest BCUT2D eigenvalue weighted by Crippen LogP contribution is -2.52. The fraction of sp³-hybridized carbons (Fsp3) is 0.351. The van der Waals surface area contributed by atoms with Gasteiger partial charge >= 0.3 is 12.3 Å². The summed E-state index contributed by atoms with van der Waals surface area (Å²) in [5.74, 6) is -0.544. The number of benzene rings is 3. The van der Waals surface area contributed by atoms with Gasteiger partial charge in [-0.2, -0.15) is 13.2 Å². The Morgan fingerprint density at radius 1 is 1.00 bits per heavy atom. The van der Waals surface area contributed by atoms with Crippen LogP contribution in [0, 0.1) is 6.92 Å². The maximum Gasteiger partial charge on any atom is 0.433 e. The first-order chi connectivity index (χ1) is 24.0. The van der Waals surface area contributed by atoms with Gasteiger partial charge in [0.15, 0.2) is 5.16 Å². The van der Waals surface area contributed by atoms with Crippen LogP contribution in [0.2, 0.25) is 0 Å².